The molecule has 1 amide bonds. The first-order valence-electron chi connectivity index (χ1n) is 5.73. The maximum Gasteiger partial charge on any atom is 0.248 e. The maximum absolute atomic E-state index is 12.2. The largest absolute Gasteiger partial charge is 0.324 e. The van der Waals surface area contributed by atoms with Gasteiger partial charge in [0.1, 0.15) is 6.04 Å². The van der Waals surface area contributed by atoms with Gasteiger partial charge in [-0.2, -0.15) is 5.10 Å². The predicted molar refractivity (Wildman–Crippen MR) is 70.5 cm³/mol. The summed E-state index contributed by atoms with van der Waals surface area (Å²) >= 11 is 5.04. The van der Waals surface area contributed by atoms with Gasteiger partial charge in [-0.1, -0.05) is 18.2 Å². The molecule has 0 fully saturated rings. The molecule has 0 spiro atoms. The fourth-order valence-corrected chi connectivity index (χ4v) is 2.37. The number of rotatable bonds is 2. The fraction of sp³-hybridized carbons (Fsp3) is 0.167. The molecule has 0 radical (unpaired) electrons. The van der Waals surface area contributed by atoms with Gasteiger partial charge < -0.3 is 5.32 Å². The summed E-state index contributed by atoms with van der Waals surface area (Å²) in [7, 11) is 0. The smallest absolute Gasteiger partial charge is 0.248 e. The van der Waals surface area contributed by atoms with Crippen molar-refractivity contribution < 1.29 is 9.59 Å². The van der Waals surface area contributed by atoms with Gasteiger partial charge in [-0.3, -0.25) is 19.3 Å². The Kier molecular flexibility index (Phi) is 2.75. The van der Waals surface area contributed by atoms with E-state index in [0.717, 1.165) is 0 Å². The lowest BCUT2D eigenvalue weighted by molar-refractivity contribution is -0.119. The van der Waals surface area contributed by atoms with E-state index in [4.69, 9.17) is 12.2 Å². The molecule has 6 nitrogen and oxygen atoms in total. The fourth-order valence-electron chi connectivity index (χ4n) is 2.11. The minimum atomic E-state index is -0.631. The highest BCUT2D eigenvalue weighted by atomic mass is 32.1. The second-order valence-electron chi connectivity index (χ2n) is 4.22. The summed E-state index contributed by atoms with van der Waals surface area (Å²) in [6, 6.07) is 8.44. The lowest BCUT2D eigenvalue weighted by Gasteiger charge is -2.11. The highest BCUT2D eigenvalue weighted by molar-refractivity contribution is 7.71. The summed E-state index contributed by atoms with van der Waals surface area (Å²) in [6.45, 7) is 0. The van der Waals surface area contributed by atoms with Gasteiger partial charge in [-0.15, -0.1) is 0 Å². The summed E-state index contributed by atoms with van der Waals surface area (Å²) in [6.07, 6.45) is 0.0965. The highest BCUT2D eigenvalue weighted by Crippen LogP contribution is 2.26. The number of aromatic amines is 1. The summed E-state index contributed by atoms with van der Waals surface area (Å²) in [5.41, 5.74) is 0.684. The third-order valence-corrected chi connectivity index (χ3v) is 3.28. The highest BCUT2D eigenvalue weighted by Gasteiger charge is 2.36. The Labute approximate surface area is 113 Å². The molecule has 2 N–H and O–H groups in total. The average Bonchev–Trinajstić information content (AvgIpc) is 2.93. The lowest BCUT2D eigenvalue weighted by atomic mass is 10.2. The van der Waals surface area contributed by atoms with Crippen molar-refractivity contribution in [1.29, 1.82) is 0 Å². The Morgan fingerprint density at radius 2 is 2.16 bits per heavy atom. The van der Waals surface area contributed by atoms with Crippen LogP contribution in [0, 0.1) is 4.77 Å². The quantitative estimate of drug-likeness (QED) is 0.817. The molecule has 1 aromatic heterocycles. The van der Waals surface area contributed by atoms with Crippen LogP contribution < -0.4 is 5.32 Å². The molecule has 2 heterocycles. The van der Waals surface area contributed by atoms with Gasteiger partial charge in [0.2, 0.25) is 11.7 Å². The van der Waals surface area contributed by atoms with Crippen LogP contribution in [0.2, 0.25) is 0 Å². The molecular formula is C12H10N4O2S. The Bertz CT molecular complexity index is 704. The molecule has 1 atom stereocenters. The number of carbonyl (C=O) groups excluding carboxylic acids is 2. The van der Waals surface area contributed by atoms with E-state index in [0.29, 0.717) is 5.69 Å². The Morgan fingerprint density at radius 3 is 2.89 bits per heavy atom. The number of Topliss-reactive ketones (excluding diaryl/α,β-unsaturated/α-hetero) is 1. The van der Waals surface area contributed by atoms with Crippen molar-refractivity contribution in [3.05, 3.63) is 40.9 Å². The molecule has 3 rings (SSSR count). The van der Waals surface area contributed by atoms with Crippen LogP contribution in [0.15, 0.2) is 30.3 Å². The number of nitrogens with one attached hydrogen (secondary N) is 2. The summed E-state index contributed by atoms with van der Waals surface area (Å²) in [5, 5.41) is 9.13. The van der Waals surface area contributed by atoms with Crippen LogP contribution in [0.4, 0.5) is 5.69 Å². The SMILES string of the molecule is O=C1C[C@@H](C(=O)Nc2ccccc2)n2c1n[nH]c2=S. The molecule has 0 saturated carbocycles. The number of fused-ring (bicyclic) bond motifs is 1. The van der Waals surface area contributed by atoms with Gasteiger partial charge in [0, 0.05) is 12.1 Å². The van der Waals surface area contributed by atoms with E-state index in [-0.39, 0.29) is 28.7 Å². The first-order chi connectivity index (χ1) is 9.16. The molecule has 1 aliphatic heterocycles. The van der Waals surface area contributed by atoms with E-state index in [1.165, 1.54) is 4.57 Å². The molecule has 1 aliphatic rings. The van der Waals surface area contributed by atoms with Crippen LogP contribution >= 0.6 is 12.2 Å². The van der Waals surface area contributed by atoms with Gasteiger partial charge in [-0.05, 0) is 24.4 Å². The van der Waals surface area contributed by atoms with E-state index in [1.54, 1.807) is 12.1 Å². The minimum Gasteiger partial charge on any atom is -0.324 e. The van der Waals surface area contributed by atoms with Crippen molar-refractivity contribution in [3.63, 3.8) is 0 Å². The average molecular weight is 274 g/mol. The van der Waals surface area contributed by atoms with E-state index in [2.05, 4.69) is 15.5 Å². The Balaban J connectivity index is 1.88. The van der Waals surface area contributed by atoms with Gasteiger partial charge in [0.25, 0.3) is 0 Å². The van der Waals surface area contributed by atoms with E-state index in [9.17, 15) is 9.59 Å². The van der Waals surface area contributed by atoms with E-state index in [1.807, 2.05) is 18.2 Å². The van der Waals surface area contributed by atoms with Crippen LogP contribution in [0.1, 0.15) is 23.1 Å². The number of benzene rings is 1. The zero-order valence-corrected chi connectivity index (χ0v) is 10.6. The van der Waals surface area contributed by atoms with Crippen molar-refractivity contribution in [2.75, 3.05) is 5.32 Å². The van der Waals surface area contributed by atoms with Crippen LogP contribution in [-0.4, -0.2) is 26.5 Å². The number of carbonyl (C=O) groups is 2. The number of hydrogen-bond donors (Lipinski definition) is 2. The zero-order chi connectivity index (χ0) is 13.4. The van der Waals surface area contributed by atoms with Crippen LogP contribution in [-0.2, 0) is 4.79 Å². The number of para-hydroxylation sites is 1. The molecule has 0 unspecified atom stereocenters. The second kappa shape index (κ2) is 4.43. The summed E-state index contributed by atoms with van der Waals surface area (Å²) < 4.78 is 1.75. The van der Waals surface area contributed by atoms with Gasteiger partial charge in [-0.25, -0.2) is 0 Å². The number of H-pyrrole nitrogens is 1. The second-order valence-corrected chi connectivity index (χ2v) is 4.61. The van der Waals surface area contributed by atoms with Crippen molar-refractivity contribution in [2.24, 2.45) is 0 Å². The zero-order valence-electron chi connectivity index (χ0n) is 9.79. The molecule has 19 heavy (non-hydrogen) atoms. The van der Waals surface area contributed by atoms with Crippen molar-refractivity contribution in [3.8, 4) is 0 Å². The Hall–Kier alpha value is -2.28. The molecule has 0 aliphatic carbocycles. The molecular weight excluding hydrogens is 264 g/mol. The Morgan fingerprint density at radius 1 is 1.42 bits per heavy atom. The lowest BCUT2D eigenvalue weighted by Crippen LogP contribution is -2.23. The molecule has 7 heteroatoms. The number of hydrogen-bond acceptors (Lipinski definition) is 4. The third kappa shape index (κ3) is 1.97. The summed E-state index contributed by atoms with van der Waals surface area (Å²) in [4.78, 5) is 23.9. The van der Waals surface area contributed by atoms with Crippen LogP contribution in [0.5, 0.6) is 0 Å². The normalized spacial score (nSPS) is 17.3. The molecule has 2 aromatic rings. The first-order valence-corrected chi connectivity index (χ1v) is 6.13. The van der Waals surface area contributed by atoms with Gasteiger partial charge in [0.15, 0.2) is 10.6 Å². The third-order valence-electron chi connectivity index (χ3n) is 2.99. The maximum atomic E-state index is 12.2. The topological polar surface area (TPSA) is 79.8 Å². The molecule has 1 aromatic carbocycles. The number of ketones is 1. The molecule has 96 valence electrons. The summed E-state index contributed by atoms with van der Waals surface area (Å²) in [5.74, 6) is -0.227. The standard InChI is InChI=1S/C12H10N4O2S/c17-9-6-8(16-10(9)14-15-12(16)19)11(18)13-7-4-2-1-3-5-7/h1-5,8H,6H2,(H,13,18)(H,15,19)/t8-/m0/s1. The van der Waals surface area contributed by atoms with Crippen LogP contribution in [0.3, 0.4) is 0 Å². The van der Waals surface area contributed by atoms with Crippen molar-refractivity contribution in [2.45, 2.75) is 12.5 Å². The van der Waals surface area contributed by atoms with E-state index < -0.39 is 6.04 Å². The van der Waals surface area contributed by atoms with Crippen molar-refractivity contribution in [1.82, 2.24) is 14.8 Å². The van der Waals surface area contributed by atoms with E-state index >= 15 is 0 Å². The number of anilines is 1. The number of nitrogens with zero attached hydrogens (tertiary/aromatic N) is 2. The van der Waals surface area contributed by atoms with Crippen LogP contribution in [0.25, 0.3) is 0 Å². The molecule has 0 saturated heterocycles. The first kappa shape index (κ1) is 11.8. The number of amides is 1. The van der Waals surface area contributed by atoms with Crippen molar-refractivity contribution >= 4 is 29.6 Å². The van der Waals surface area contributed by atoms with Gasteiger partial charge >= 0.3 is 0 Å². The molecule has 0 bridgehead atoms. The predicted octanol–water partition coefficient (Wildman–Crippen LogP) is 1.71. The monoisotopic (exact) mass is 274 g/mol. The number of aromatic nitrogens is 3. The minimum absolute atomic E-state index is 0.0965. The van der Waals surface area contributed by atoms with Gasteiger partial charge in [0.05, 0.1) is 0 Å².